The van der Waals surface area contributed by atoms with Gasteiger partial charge in [0, 0.05) is 29.8 Å². The molecule has 0 radical (unpaired) electrons. The molecule has 0 aliphatic rings. The van der Waals surface area contributed by atoms with Gasteiger partial charge in [-0.2, -0.15) is 0 Å². The number of nitrogens with one attached hydrogen (secondary N) is 2. The topological polar surface area (TPSA) is 133 Å². The highest BCUT2D eigenvalue weighted by Gasteiger charge is 2.10. The molecule has 1 heterocycles. The van der Waals surface area contributed by atoms with Crippen molar-refractivity contribution in [2.75, 3.05) is 11.9 Å². The van der Waals surface area contributed by atoms with E-state index in [9.17, 15) is 9.59 Å². The SMILES string of the molecule is NC(=NCCc1ccccc1)c1ccc(C(=O)Nc2ccc3[nH]c(CCC(=O)O)nc3c2)cc1. The third-order valence-corrected chi connectivity index (χ3v) is 5.33. The molecule has 0 saturated heterocycles. The Morgan fingerprint density at radius 2 is 1.71 bits per heavy atom. The lowest BCUT2D eigenvalue weighted by atomic mass is 10.1. The van der Waals surface area contributed by atoms with Gasteiger partial charge in [0.2, 0.25) is 0 Å². The second kappa shape index (κ2) is 10.4. The van der Waals surface area contributed by atoms with Gasteiger partial charge in [0.05, 0.1) is 17.5 Å². The highest BCUT2D eigenvalue weighted by Crippen LogP contribution is 2.19. The number of H-pyrrole nitrogens is 1. The number of hydrogen-bond donors (Lipinski definition) is 4. The Labute approximate surface area is 196 Å². The van der Waals surface area contributed by atoms with E-state index in [1.54, 1.807) is 42.5 Å². The number of benzene rings is 3. The van der Waals surface area contributed by atoms with Gasteiger partial charge in [0.1, 0.15) is 11.7 Å². The van der Waals surface area contributed by atoms with Crippen LogP contribution in [0.3, 0.4) is 0 Å². The molecule has 8 heteroatoms. The largest absolute Gasteiger partial charge is 0.481 e. The molecule has 1 aromatic heterocycles. The van der Waals surface area contributed by atoms with Crippen LogP contribution in [0.15, 0.2) is 77.8 Å². The molecular weight excluding hydrogens is 430 g/mol. The number of anilines is 1. The highest BCUT2D eigenvalue weighted by atomic mass is 16.4. The number of aromatic amines is 1. The van der Waals surface area contributed by atoms with Gasteiger partial charge in [-0.3, -0.25) is 14.6 Å². The van der Waals surface area contributed by atoms with Crippen LogP contribution in [-0.2, 0) is 17.6 Å². The first-order valence-corrected chi connectivity index (χ1v) is 10.9. The van der Waals surface area contributed by atoms with E-state index in [0.29, 0.717) is 41.4 Å². The first-order valence-electron chi connectivity index (χ1n) is 10.9. The minimum atomic E-state index is -0.875. The molecule has 0 unspecified atom stereocenters. The quantitative estimate of drug-likeness (QED) is 0.225. The van der Waals surface area contributed by atoms with Crippen molar-refractivity contribution in [3.05, 3.63) is 95.3 Å². The smallest absolute Gasteiger partial charge is 0.303 e. The van der Waals surface area contributed by atoms with E-state index in [2.05, 4.69) is 32.4 Å². The van der Waals surface area contributed by atoms with Crippen molar-refractivity contribution in [2.45, 2.75) is 19.3 Å². The van der Waals surface area contributed by atoms with Gasteiger partial charge in [0.25, 0.3) is 5.91 Å². The Balaban J connectivity index is 1.37. The van der Waals surface area contributed by atoms with Crippen LogP contribution in [0.1, 0.15) is 33.7 Å². The summed E-state index contributed by atoms with van der Waals surface area (Å²) in [6.45, 7) is 0.589. The molecule has 0 saturated carbocycles. The zero-order valence-corrected chi connectivity index (χ0v) is 18.5. The lowest BCUT2D eigenvalue weighted by Crippen LogP contribution is -2.16. The van der Waals surface area contributed by atoms with Gasteiger partial charge >= 0.3 is 5.97 Å². The van der Waals surface area contributed by atoms with Gasteiger partial charge in [-0.15, -0.1) is 0 Å². The van der Waals surface area contributed by atoms with Crippen molar-refractivity contribution in [1.82, 2.24) is 9.97 Å². The van der Waals surface area contributed by atoms with E-state index in [1.807, 2.05) is 18.2 Å². The van der Waals surface area contributed by atoms with E-state index in [-0.39, 0.29) is 12.3 Å². The number of carbonyl (C=O) groups excluding carboxylic acids is 1. The van der Waals surface area contributed by atoms with Crippen LogP contribution in [-0.4, -0.2) is 39.3 Å². The van der Waals surface area contributed by atoms with Crippen LogP contribution in [0, 0.1) is 0 Å². The van der Waals surface area contributed by atoms with E-state index >= 15 is 0 Å². The number of carbonyl (C=O) groups is 2. The first-order chi connectivity index (χ1) is 16.5. The van der Waals surface area contributed by atoms with Crippen LogP contribution >= 0.6 is 0 Å². The number of imidazole rings is 1. The molecule has 4 rings (SSSR count). The van der Waals surface area contributed by atoms with E-state index in [4.69, 9.17) is 10.8 Å². The Morgan fingerprint density at radius 1 is 0.971 bits per heavy atom. The van der Waals surface area contributed by atoms with Gasteiger partial charge in [-0.05, 0) is 42.3 Å². The number of aliphatic imine (C=N–C) groups is 1. The zero-order chi connectivity index (χ0) is 23.9. The maximum absolute atomic E-state index is 12.7. The molecule has 3 aromatic carbocycles. The predicted molar refractivity (Wildman–Crippen MR) is 132 cm³/mol. The van der Waals surface area contributed by atoms with Gasteiger partial charge in [-0.1, -0.05) is 42.5 Å². The molecule has 0 fully saturated rings. The summed E-state index contributed by atoms with van der Waals surface area (Å²) in [6.07, 6.45) is 1.13. The summed E-state index contributed by atoms with van der Waals surface area (Å²) in [7, 11) is 0. The number of nitrogens with zero attached hydrogens (tertiary/aromatic N) is 2. The number of hydrogen-bond acceptors (Lipinski definition) is 4. The van der Waals surface area contributed by atoms with Crippen LogP contribution in [0.25, 0.3) is 11.0 Å². The molecule has 0 atom stereocenters. The minimum absolute atomic E-state index is 0.00165. The van der Waals surface area contributed by atoms with Crippen LogP contribution in [0.4, 0.5) is 5.69 Å². The number of aliphatic carboxylic acids is 1. The Kier molecular flexibility index (Phi) is 6.98. The average molecular weight is 456 g/mol. The van der Waals surface area contributed by atoms with Gasteiger partial charge < -0.3 is 21.1 Å². The van der Waals surface area contributed by atoms with E-state index < -0.39 is 5.97 Å². The third kappa shape index (κ3) is 5.86. The summed E-state index contributed by atoms with van der Waals surface area (Å²) in [6, 6.07) is 22.4. The van der Waals surface area contributed by atoms with Crippen molar-refractivity contribution >= 4 is 34.4 Å². The molecule has 4 aromatic rings. The van der Waals surface area contributed by atoms with Gasteiger partial charge in [-0.25, -0.2) is 4.98 Å². The highest BCUT2D eigenvalue weighted by molar-refractivity contribution is 6.06. The maximum atomic E-state index is 12.7. The Bertz CT molecular complexity index is 1330. The van der Waals surface area contributed by atoms with Crippen molar-refractivity contribution in [3.8, 4) is 0 Å². The van der Waals surface area contributed by atoms with Crippen LogP contribution in [0.2, 0.25) is 0 Å². The van der Waals surface area contributed by atoms with Crippen molar-refractivity contribution in [1.29, 1.82) is 0 Å². The maximum Gasteiger partial charge on any atom is 0.303 e. The number of aromatic nitrogens is 2. The summed E-state index contributed by atoms with van der Waals surface area (Å²) in [4.78, 5) is 35.4. The summed E-state index contributed by atoms with van der Waals surface area (Å²) in [5, 5.41) is 11.7. The monoisotopic (exact) mass is 455 g/mol. The molecule has 34 heavy (non-hydrogen) atoms. The molecule has 0 aliphatic heterocycles. The summed E-state index contributed by atoms with van der Waals surface area (Å²) in [5.74, 6) is -0.100. The average Bonchev–Trinajstić information content (AvgIpc) is 3.26. The molecule has 0 bridgehead atoms. The van der Waals surface area contributed by atoms with Crippen molar-refractivity contribution in [3.63, 3.8) is 0 Å². The number of aryl methyl sites for hydroxylation is 1. The van der Waals surface area contributed by atoms with E-state index in [0.717, 1.165) is 17.5 Å². The number of amidine groups is 1. The first kappa shape index (κ1) is 22.7. The number of fused-ring (bicyclic) bond motifs is 1. The molecule has 0 aliphatic carbocycles. The number of rotatable bonds is 9. The molecule has 1 amide bonds. The number of amides is 1. The third-order valence-electron chi connectivity index (χ3n) is 5.33. The second-order valence-corrected chi connectivity index (χ2v) is 7.84. The van der Waals surface area contributed by atoms with Crippen molar-refractivity contribution in [2.24, 2.45) is 10.7 Å². The van der Waals surface area contributed by atoms with Crippen LogP contribution < -0.4 is 11.1 Å². The lowest BCUT2D eigenvalue weighted by molar-refractivity contribution is -0.137. The van der Waals surface area contributed by atoms with Crippen molar-refractivity contribution < 1.29 is 14.7 Å². The summed E-state index contributed by atoms with van der Waals surface area (Å²) in [5.41, 5.74) is 10.6. The Morgan fingerprint density at radius 3 is 2.44 bits per heavy atom. The number of nitrogens with two attached hydrogens (primary N) is 1. The molecule has 172 valence electrons. The number of carboxylic acid groups (broad SMARTS) is 1. The van der Waals surface area contributed by atoms with Crippen LogP contribution in [0.5, 0.6) is 0 Å². The summed E-state index contributed by atoms with van der Waals surface area (Å²) >= 11 is 0. The normalized spacial score (nSPS) is 11.5. The fourth-order valence-corrected chi connectivity index (χ4v) is 3.52. The molecular formula is C26H25N5O3. The predicted octanol–water partition coefficient (Wildman–Crippen LogP) is 3.78. The molecule has 0 spiro atoms. The standard InChI is InChI=1S/C26H25N5O3/c27-25(28-15-14-17-4-2-1-3-5-17)18-6-8-19(9-7-18)26(34)29-20-10-11-21-22(16-20)31-23(30-21)12-13-24(32)33/h1-11,16H,12-15H2,(H2,27,28)(H,29,34)(H,30,31)(H,32,33). The fraction of sp³-hybridized carbons (Fsp3) is 0.154. The lowest BCUT2D eigenvalue weighted by Gasteiger charge is -2.07. The minimum Gasteiger partial charge on any atom is -0.481 e. The Hall–Kier alpha value is -4.46. The van der Waals surface area contributed by atoms with Gasteiger partial charge in [0.15, 0.2) is 0 Å². The molecule has 5 N–H and O–H groups in total. The molecule has 8 nitrogen and oxygen atoms in total. The zero-order valence-electron chi connectivity index (χ0n) is 18.5. The summed E-state index contributed by atoms with van der Waals surface area (Å²) < 4.78 is 0. The second-order valence-electron chi connectivity index (χ2n) is 7.84. The van der Waals surface area contributed by atoms with E-state index in [1.165, 1.54) is 5.56 Å². The fourth-order valence-electron chi connectivity index (χ4n) is 3.52. The number of carboxylic acids is 1.